The highest BCUT2D eigenvalue weighted by Gasteiger charge is 2.20. The summed E-state index contributed by atoms with van der Waals surface area (Å²) in [6, 6.07) is 9.83. The Morgan fingerprint density at radius 3 is 2.78 bits per heavy atom. The molecule has 0 spiro atoms. The lowest BCUT2D eigenvalue weighted by molar-refractivity contribution is 0.105. The van der Waals surface area contributed by atoms with Gasteiger partial charge in [0.05, 0.1) is 0 Å². The van der Waals surface area contributed by atoms with E-state index in [1.54, 1.807) is 7.11 Å². The average molecular weight is 247 g/mol. The normalized spacial score (nSPS) is 12.6. The highest BCUT2D eigenvalue weighted by Crippen LogP contribution is 2.23. The van der Waals surface area contributed by atoms with Crippen LogP contribution in [0.25, 0.3) is 0 Å². The van der Waals surface area contributed by atoms with Crippen LogP contribution in [0.1, 0.15) is 23.4 Å². The second-order valence-corrected chi connectivity index (χ2v) is 3.93. The third-order valence-corrected chi connectivity index (χ3v) is 2.64. The first kappa shape index (κ1) is 12.7. The van der Waals surface area contributed by atoms with E-state index in [4.69, 9.17) is 9.26 Å². The Kier molecular flexibility index (Phi) is 4.44. The molecule has 96 valence electrons. The summed E-state index contributed by atoms with van der Waals surface area (Å²) in [7, 11) is 3.53. The second kappa shape index (κ2) is 6.28. The number of hydrogen-bond donors (Lipinski definition) is 1. The van der Waals surface area contributed by atoms with E-state index in [9.17, 15) is 0 Å². The first-order valence-corrected chi connectivity index (χ1v) is 5.90. The molecule has 1 N–H and O–H groups in total. The molecule has 2 aromatic rings. The summed E-state index contributed by atoms with van der Waals surface area (Å²) in [6.45, 7) is 0.821. The van der Waals surface area contributed by atoms with Crippen LogP contribution in [0.4, 0.5) is 0 Å². The van der Waals surface area contributed by atoms with Crippen LogP contribution >= 0.6 is 0 Å². The number of rotatable bonds is 6. The van der Waals surface area contributed by atoms with E-state index in [1.807, 2.05) is 37.4 Å². The van der Waals surface area contributed by atoms with E-state index in [2.05, 4.69) is 15.5 Å². The van der Waals surface area contributed by atoms with Crippen molar-refractivity contribution in [1.82, 2.24) is 15.5 Å². The fourth-order valence-electron chi connectivity index (χ4n) is 1.72. The molecule has 0 aliphatic heterocycles. The number of aromatic nitrogens is 2. The minimum absolute atomic E-state index is 0.304. The van der Waals surface area contributed by atoms with Gasteiger partial charge in [-0.1, -0.05) is 35.5 Å². The number of hydrogen-bond acceptors (Lipinski definition) is 5. The zero-order chi connectivity index (χ0) is 12.8. The van der Waals surface area contributed by atoms with Gasteiger partial charge in [-0.15, -0.1) is 0 Å². The van der Waals surface area contributed by atoms with Crippen molar-refractivity contribution in [3.63, 3.8) is 0 Å². The van der Waals surface area contributed by atoms with Crippen molar-refractivity contribution in [2.24, 2.45) is 0 Å². The van der Waals surface area contributed by atoms with Crippen LogP contribution in [0.15, 0.2) is 34.9 Å². The van der Waals surface area contributed by atoms with Gasteiger partial charge in [-0.25, -0.2) is 0 Å². The molecule has 5 nitrogen and oxygen atoms in total. The molecule has 18 heavy (non-hydrogen) atoms. The molecule has 1 atom stereocenters. The van der Waals surface area contributed by atoms with E-state index in [1.165, 1.54) is 0 Å². The van der Waals surface area contributed by atoms with E-state index >= 15 is 0 Å². The highest BCUT2D eigenvalue weighted by molar-refractivity contribution is 5.21. The topological polar surface area (TPSA) is 60.2 Å². The Bertz CT molecular complexity index is 470. The van der Waals surface area contributed by atoms with E-state index in [-0.39, 0.29) is 6.10 Å². The van der Waals surface area contributed by atoms with Crippen LogP contribution in [0.5, 0.6) is 0 Å². The number of nitrogens with one attached hydrogen (secondary N) is 1. The third kappa shape index (κ3) is 2.94. The smallest absolute Gasteiger partial charge is 0.260 e. The molecule has 0 fully saturated rings. The lowest BCUT2D eigenvalue weighted by Crippen LogP contribution is -2.11. The molecular formula is C13H17N3O2. The molecule has 0 aliphatic rings. The predicted molar refractivity (Wildman–Crippen MR) is 67.2 cm³/mol. The standard InChI is InChI=1S/C13H17N3O2/c1-14-9-8-11-15-13(18-16-11)12(17-2)10-6-4-3-5-7-10/h3-7,12,14H,8-9H2,1-2H3. The number of methoxy groups -OCH3 is 1. The minimum atomic E-state index is -0.304. The molecule has 0 bridgehead atoms. The van der Waals surface area contributed by atoms with Gasteiger partial charge in [0, 0.05) is 20.1 Å². The van der Waals surface area contributed by atoms with Crippen molar-refractivity contribution in [2.45, 2.75) is 12.5 Å². The molecule has 5 heteroatoms. The Balaban J connectivity index is 2.15. The number of benzene rings is 1. The van der Waals surface area contributed by atoms with Crippen LogP contribution in [0.2, 0.25) is 0 Å². The quantitative estimate of drug-likeness (QED) is 0.839. The summed E-state index contributed by atoms with van der Waals surface area (Å²) in [5.41, 5.74) is 1.00. The van der Waals surface area contributed by atoms with Gasteiger partial charge in [-0.2, -0.15) is 4.98 Å². The number of likely N-dealkylation sites (N-methyl/N-ethyl adjacent to an activating group) is 1. The maximum atomic E-state index is 5.43. The molecule has 1 aromatic heterocycles. The van der Waals surface area contributed by atoms with Crippen molar-refractivity contribution in [3.05, 3.63) is 47.6 Å². The molecule has 0 saturated heterocycles. The molecule has 2 rings (SSSR count). The molecule has 1 heterocycles. The zero-order valence-electron chi connectivity index (χ0n) is 10.6. The molecule has 1 aromatic carbocycles. The average Bonchev–Trinajstić information content (AvgIpc) is 2.87. The van der Waals surface area contributed by atoms with Gasteiger partial charge in [0.2, 0.25) is 0 Å². The minimum Gasteiger partial charge on any atom is -0.367 e. The maximum absolute atomic E-state index is 5.43. The summed E-state index contributed by atoms with van der Waals surface area (Å²) < 4.78 is 10.7. The van der Waals surface area contributed by atoms with Crippen LogP contribution < -0.4 is 5.32 Å². The molecule has 0 amide bonds. The number of ether oxygens (including phenoxy) is 1. The Morgan fingerprint density at radius 2 is 2.11 bits per heavy atom. The SMILES string of the molecule is CNCCc1noc(C(OC)c2ccccc2)n1. The summed E-state index contributed by atoms with van der Waals surface area (Å²) in [5.74, 6) is 1.19. The third-order valence-electron chi connectivity index (χ3n) is 2.64. The Morgan fingerprint density at radius 1 is 1.33 bits per heavy atom. The molecule has 1 unspecified atom stereocenters. The van der Waals surface area contributed by atoms with Crippen molar-refractivity contribution in [1.29, 1.82) is 0 Å². The van der Waals surface area contributed by atoms with Gasteiger partial charge in [-0.3, -0.25) is 0 Å². The van der Waals surface area contributed by atoms with Gasteiger partial charge in [0.25, 0.3) is 5.89 Å². The lowest BCUT2D eigenvalue weighted by atomic mass is 10.1. The van der Waals surface area contributed by atoms with Crippen molar-refractivity contribution < 1.29 is 9.26 Å². The zero-order valence-corrected chi connectivity index (χ0v) is 10.6. The summed E-state index contributed by atoms with van der Waals surface area (Å²) >= 11 is 0. The molecular weight excluding hydrogens is 230 g/mol. The van der Waals surface area contributed by atoms with E-state index in [0.29, 0.717) is 11.7 Å². The monoisotopic (exact) mass is 247 g/mol. The number of nitrogens with zero attached hydrogens (tertiary/aromatic N) is 2. The lowest BCUT2D eigenvalue weighted by Gasteiger charge is -2.10. The van der Waals surface area contributed by atoms with E-state index < -0.39 is 0 Å². The summed E-state index contributed by atoms with van der Waals surface area (Å²) in [6.07, 6.45) is 0.438. The fraction of sp³-hybridized carbons (Fsp3) is 0.385. The van der Waals surface area contributed by atoms with Crippen LogP contribution in [0, 0.1) is 0 Å². The molecule has 0 radical (unpaired) electrons. The largest absolute Gasteiger partial charge is 0.367 e. The van der Waals surface area contributed by atoms with Crippen molar-refractivity contribution in [3.8, 4) is 0 Å². The maximum Gasteiger partial charge on any atom is 0.260 e. The highest BCUT2D eigenvalue weighted by atomic mass is 16.5. The van der Waals surface area contributed by atoms with Gasteiger partial charge >= 0.3 is 0 Å². The van der Waals surface area contributed by atoms with Crippen LogP contribution in [-0.4, -0.2) is 30.8 Å². The summed E-state index contributed by atoms with van der Waals surface area (Å²) in [4.78, 5) is 4.35. The predicted octanol–water partition coefficient (Wildman–Crippen LogP) is 1.57. The fourth-order valence-corrected chi connectivity index (χ4v) is 1.72. The van der Waals surface area contributed by atoms with Gasteiger partial charge < -0.3 is 14.6 Å². The first-order chi connectivity index (χ1) is 8.85. The Labute approximate surface area is 106 Å². The van der Waals surface area contributed by atoms with Crippen LogP contribution in [0.3, 0.4) is 0 Å². The first-order valence-electron chi connectivity index (χ1n) is 5.90. The van der Waals surface area contributed by atoms with Crippen LogP contribution in [-0.2, 0) is 11.2 Å². The summed E-state index contributed by atoms with van der Waals surface area (Å²) in [5, 5.41) is 6.99. The van der Waals surface area contributed by atoms with Gasteiger partial charge in [0.15, 0.2) is 11.9 Å². The van der Waals surface area contributed by atoms with Gasteiger partial charge in [-0.05, 0) is 12.6 Å². The molecule has 0 aliphatic carbocycles. The Hall–Kier alpha value is -1.72. The molecule has 0 saturated carbocycles. The second-order valence-electron chi connectivity index (χ2n) is 3.93. The van der Waals surface area contributed by atoms with E-state index in [0.717, 1.165) is 18.5 Å². The van der Waals surface area contributed by atoms with Crippen molar-refractivity contribution >= 4 is 0 Å². The van der Waals surface area contributed by atoms with Crippen molar-refractivity contribution in [2.75, 3.05) is 20.7 Å². The van der Waals surface area contributed by atoms with Gasteiger partial charge in [0.1, 0.15) is 0 Å².